The largest absolute Gasteiger partial charge is 0.373 e. The number of carbonyl (C=O) groups excluding carboxylic acids is 1. The molecule has 0 aliphatic carbocycles. The van der Waals surface area contributed by atoms with Gasteiger partial charge in [-0.2, -0.15) is 8.61 Å². The van der Waals surface area contributed by atoms with E-state index < -0.39 is 32.0 Å². The lowest BCUT2D eigenvalue weighted by molar-refractivity contribution is -0.124. The van der Waals surface area contributed by atoms with E-state index in [1.165, 1.54) is 14.7 Å². The SMILES string of the molecule is CC1CN(S(=O)(=O)CCNC(=O)C2CCCN2S(=O)(=O)c2cccs2)CC(C)O1. The molecule has 0 spiro atoms. The number of amides is 1. The Hall–Kier alpha value is -1.05. The van der Waals surface area contributed by atoms with Crippen LogP contribution in [0.25, 0.3) is 0 Å². The first kappa shape index (κ1) is 22.6. The van der Waals surface area contributed by atoms with E-state index in [-0.39, 0.29) is 48.3 Å². The van der Waals surface area contributed by atoms with Gasteiger partial charge in [-0.1, -0.05) is 6.07 Å². The van der Waals surface area contributed by atoms with E-state index in [1.54, 1.807) is 11.4 Å². The van der Waals surface area contributed by atoms with Crippen LogP contribution in [-0.4, -0.2) is 81.5 Å². The summed E-state index contributed by atoms with van der Waals surface area (Å²) in [7, 11) is -7.26. The average molecular weight is 466 g/mol. The first-order valence-electron chi connectivity index (χ1n) is 9.57. The molecule has 12 heteroatoms. The van der Waals surface area contributed by atoms with Crippen molar-refractivity contribution in [1.82, 2.24) is 13.9 Å². The lowest BCUT2D eigenvalue weighted by Crippen LogP contribution is -2.50. The van der Waals surface area contributed by atoms with Crippen molar-refractivity contribution in [2.24, 2.45) is 0 Å². The maximum absolute atomic E-state index is 12.8. The third-order valence-corrected chi connectivity index (χ3v) is 10.1. The van der Waals surface area contributed by atoms with Crippen molar-refractivity contribution in [3.05, 3.63) is 17.5 Å². The predicted octanol–water partition coefficient (Wildman–Crippen LogP) is 0.456. The minimum absolute atomic E-state index is 0.0648. The van der Waals surface area contributed by atoms with E-state index in [0.717, 1.165) is 11.3 Å². The first-order valence-corrected chi connectivity index (χ1v) is 13.5. The third kappa shape index (κ3) is 5.17. The molecule has 0 bridgehead atoms. The number of nitrogens with zero attached hydrogens (tertiary/aromatic N) is 2. The zero-order valence-corrected chi connectivity index (χ0v) is 18.9. The summed E-state index contributed by atoms with van der Waals surface area (Å²) >= 11 is 1.11. The summed E-state index contributed by atoms with van der Waals surface area (Å²) in [4.78, 5) is 12.6. The molecule has 29 heavy (non-hydrogen) atoms. The topological polar surface area (TPSA) is 113 Å². The summed E-state index contributed by atoms with van der Waals surface area (Å²) in [6.07, 6.45) is 0.641. The number of hydrogen-bond donors (Lipinski definition) is 1. The van der Waals surface area contributed by atoms with Crippen molar-refractivity contribution in [2.45, 2.75) is 49.1 Å². The van der Waals surface area contributed by atoms with Crippen molar-refractivity contribution in [1.29, 1.82) is 0 Å². The number of thiophene rings is 1. The molecule has 2 aliphatic heterocycles. The molecule has 1 amide bonds. The number of sulfonamides is 2. The van der Waals surface area contributed by atoms with E-state index in [1.807, 2.05) is 13.8 Å². The Kier molecular flexibility index (Phi) is 7.01. The summed E-state index contributed by atoms with van der Waals surface area (Å²) in [5.41, 5.74) is 0. The van der Waals surface area contributed by atoms with Crippen LogP contribution in [0.2, 0.25) is 0 Å². The zero-order valence-electron chi connectivity index (χ0n) is 16.5. The molecular weight excluding hydrogens is 438 g/mol. The second-order valence-corrected chi connectivity index (χ2v) is 12.5. The van der Waals surface area contributed by atoms with Gasteiger partial charge >= 0.3 is 0 Å². The molecule has 9 nitrogen and oxygen atoms in total. The second kappa shape index (κ2) is 8.98. The molecule has 164 valence electrons. The fourth-order valence-electron chi connectivity index (χ4n) is 3.72. The number of hydrogen-bond acceptors (Lipinski definition) is 7. The number of morpholine rings is 1. The summed E-state index contributed by atoms with van der Waals surface area (Å²) in [5.74, 6) is -0.690. The Morgan fingerprint density at radius 2 is 1.93 bits per heavy atom. The van der Waals surface area contributed by atoms with Crippen LogP contribution in [0, 0.1) is 0 Å². The summed E-state index contributed by atoms with van der Waals surface area (Å²) in [5, 5.41) is 4.29. The molecule has 0 radical (unpaired) electrons. The van der Waals surface area contributed by atoms with Gasteiger partial charge in [0.05, 0.1) is 18.0 Å². The van der Waals surface area contributed by atoms with Crippen molar-refractivity contribution in [2.75, 3.05) is 31.9 Å². The number of rotatable bonds is 7. The van der Waals surface area contributed by atoms with E-state index >= 15 is 0 Å². The molecule has 1 aromatic rings. The van der Waals surface area contributed by atoms with Gasteiger partial charge < -0.3 is 10.1 Å². The van der Waals surface area contributed by atoms with Crippen LogP contribution in [0.1, 0.15) is 26.7 Å². The van der Waals surface area contributed by atoms with E-state index in [0.29, 0.717) is 12.8 Å². The smallest absolute Gasteiger partial charge is 0.253 e. The molecule has 3 unspecified atom stereocenters. The molecule has 2 saturated heterocycles. The normalized spacial score (nSPS) is 27.2. The lowest BCUT2D eigenvalue weighted by Gasteiger charge is -2.34. The van der Waals surface area contributed by atoms with Gasteiger partial charge in [0.1, 0.15) is 10.3 Å². The van der Waals surface area contributed by atoms with E-state index in [4.69, 9.17) is 4.74 Å². The highest BCUT2D eigenvalue weighted by Gasteiger charge is 2.40. The molecule has 0 aromatic carbocycles. The molecular formula is C17H27N3O6S3. The number of carbonyl (C=O) groups is 1. The molecule has 2 aliphatic rings. The van der Waals surface area contributed by atoms with Crippen LogP contribution in [0.5, 0.6) is 0 Å². The molecule has 0 saturated carbocycles. The molecule has 3 heterocycles. The van der Waals surface area contributed by atoms with Gasteiger partial charge in [0.15, 0.2) is 0 Å². The fraction of sp³-hybridized carbons (Fsp3) is 0.706. The van der Waals surface area contributed by atoms with Crippen molar-refractivity contribution in [3.63, 3.8) is 0 Å². The minimum atomic E-state index is -3.72. The van der Waals surface area contributed by atoms with Gasteiger partial charge in [0, 0.05) is 26.2 Å². The number of nitrogens with one attached hydrogen (secondary N) is 1. The predicted molar refractivity (Wildman–Crippen MR) is 110 cm³/mol. The summed E-state index contributed by atoms with van der Waals surface area (Å²) in [6.45, 7) is 4.43. The standard InChI is InChI=1S/C17H27N3O6S3/c1-13-11-19(12-14(2)26-13)28(22,23)10-7-18-17(21)15-5-3-8-20(15)29(24,25)16-6-4-9-27-16/h4,6,9,13-15H,3,5,7-8,10-12H2,1-2H3,(H,18,21). The maximum Gasteiger partial charge on any atom is 0.253 e. The highest BCUT2D eigenvalue weighted by Crippen LogP contribution is 2.28. The Bertz CT molecular complexity index is 906. The van der Waals surface area contributed by atoms with Crippen LogP contribution in [0.3, 0.4) is 0 Å². The zero-order chi connectivity index (χ0) is 21.2. The summed E-state index contributed by atoms with van der Waals surface area (Å²) < 4.78 is 59.0. The van der Waals surface area contributed by atoms with E-state index in [9.17, 15) is 21.6 Å². The van der Waals surface area contributed by atoms with Crippen LogP contribution in [-0.2, 0) is 29.6 Å². The fourth-order valence-corrected chi connectivity index (χ4v) is 7.99. The highest BCUT2D eigenvalue weighted by molar-refractivity contribution is 7.91. The Balaban J connectivity index is 1.57. The quantitative estimate of drug-likeness (QED) is 0.626. The lowest BCUT2D eigenvalue weighted by atomic mass is 10.2. The Morgan fingerprint density at radius 1 is 1.24 bits per heavy atom. The van der Waals surface area contributed by atoms with Crippen LogP contribution in [0.4, 0.5) is 0 Å². The second-order valence-electron chi connectivity index (χ2n) is 7.39. The Morgan fingerprint density at radius 3 is 2.55 bits per heavy atom. The van der Waals surface area contributed by atoms with Crippen LogP contribution >= 0.6 is 11.3 Å². The number of ether oxygens (including phenoxy) is 1. The first-order chi connectivity index (χ1) is 13.6. The summed E-state index contributed by atoms with van der Waals surface area (Å²) in [6, 6.07) is 2.36. The van der Waals surface area contributed by atoms with Gasteiger partial charge in [-0.3, -0.25) is 4.79 Å². The maximum atomic E-state index is 12.8. The van der Waals surface area contributed by atoms with Crippen molar-refractivity contribution >= 4 is 37.3 Å². The molecule has 3 atom stereocenters. The highest BCUT2D eigenvalue weighted by atomic mass is 32.2. The van der Waals surface area contributed by atoms with Crippen molar-refractivity contribution in [3.8, 4) is 0 Å². The molecule has 1 aromatic heterocycles. The Labute approximate surface area is 176 Å². The van der Waals surface area contributed by atoms with Crippen LogP contribution < -0.4 is 5.32 Å². The van der Waals surface area contributed by atoms with Gasteiger partial charge in [0.2, 0.25) is 15.9 Å². The molecule has 3 rings (SSSR count). The van der Waals surface area contributed by atoms with E-state index in [2.05, 4.69) is 5.32 Å². The average Bonchev–Trinajstić information content (AvgIpc) is 3.33. The van der Waals surface area contributed by atoms with Crippen molar-refractivity contribution < 1.29 is 26.4 Å². The molecule has 1 N–H and O–H groups in total. The van der Waals surface area contributed by atoms with Crippen LogP contribution in [0.15, 0.2) is 21.7 Å². The van der Waals surface area contributed by atoms with Gasteiger partial charge in [-0.05, 0) is 38.1 Å². The van der Waals surface area contributed by atoms with Gasteiger partial charge in [0.25, 0.3) is 10.0 Å². The van der Waals surface area contributed by atoms with Gasteiger partial charge in [-0.15, -0.1) is 11.3 Å². The van der Waals surface area contributed by atoms with Gasteiger partial charge in [-0.25, -0.2) is 16.8 Å². The monoisotopic (exact) mass is 465 g/mol. The minimum Gasteiger partial charge on any atom is -0.373 e. The third-order valence-electron chi connectivity index (χ3n) is 5.00. The molecule has 2 fully saturated rings.